The molecule has 1 aromatic rings. The van der Waals surface area contributed by atoms with Crippen molar-refractivity contribution in [1.82, 2.24) is 14.8 Å². The smallest absolute Gasteiger partial charge is 0.263 e. The lowest BCUT2D eigenvalue weighted by Crippen LogP contribution is -2.37. The van der Waals surface area contributed by atoms with E-state index in [0.717, 1.165) is 19.6 Å². The Labute approximate surface area is 117 Å². The van der Waals surface area contributed by atoms with Crippen LogP contribution in [0.25, 0.3) is 0 Å². The van der Waals surface area contributed by atoms with Gasteiger partial charge in [-0.25, -0.2) is 0 Å². The number of aryl methyl sites for hydroxylation is 1. The van der Waals surface area contributed by atoms with Gasteiger partial charge in [-0.3, -0.25) is 19.5 Å². The quantitative estimate of drug-likeness (QED) is 0.819. The van der Waals surface area contributed by atoms with Crippen LogP contribution in [0.2, 0.25) is 0 Å². The van der Waals surface area contributed by atoms with E-state index in [1.54, 1.807) is 6.92 Å². The Morgan fingerprint density at radius 1 is 1.20 bits per heavy atom. The number of likely N-dealkylation sites (tertiary alicyclic amines) is 1. The third kappa shape index (κ3) is 1.96. The van der Waals surface area contributed by atoms with Crippen LogP contribution in [-0.4, -0.2) is 52.8 Å². The monoisotopic (exact) mass is 274 g/mol. The van der Waals surface area contributed by atoms with Crippen LogP contribution in [0.5, 0.6) is 0 Å². The van der Waals surface area contributed by atoms with E-state index in [4.69, 9.17) is 5.73 Å². The number of amides is 2. The van der Waals surface area contributed by atoms with E-state index in [0.29, 0.717) is 29.1 Å². The Bertz CT molecular complexity index is 579. The highest BCUT2D eigenvalue weighted by atomic mass is 16.2. The van der Waals surface area contributed by atoms with Gasteiger partial charge < -0.3 is 10.6 Å². The summed E-state index contributed by atoms with van der Waals surface area (Å²) in [5, 5.41) is 0. The molecule has 0 atom stereocenters. The zero-order chi connectivity index (χ0) is 14.3. The predicted octanol–water partition coefficient (Wildman–Crippen LogP) is 0.664. The van der Waals surface area contributed by atoms with Gasteiger partial charge in [0.05, 0.1) is 22.5 Å². The van der Waals surface area contributed by atoms with Gasteiger partial charge in [0.1, 0.15) is 0 Å². The van der Waals surface area contributed by atoms with Crippen LogP contribution in [-0.2, 0) is 0 Å². The standard InChI is InChI=1S/C14H18N4O2/c1-9-12(15)11-10(8-16-9)13(19)18(14(11)20)7-6-17-4-2-3-5-17/h8H,2-7,15H2,1H3. The highest BCUT2D eigenvalue weighted by molar-refractivity contribution is 6.23. The summed E-state index contributed by atoms with van der Waals surface area (Å²) in [5.41, 5.74) is 7.46. The number of aromatic nitrogens is 1. The van der Waals surface area contributed by atoms with E-state index >= 15 is 0 Å². The minimum absolute atomic E-state index is 0.275. The normalized spacial score (nSPS) is 18.9. The lowest BCUT2D eigenvalue weighted by atomic mass is 10.1. The molecule has 0 spiro atoms. The molecule has 6 nitrogen and oxygen atoms in total. The van der Waals surface area contributed by atoms with E-state index in [9.17, 15) is 9.59 Å². The van der Waals surface area contributed by atoms with Crippen molar-refractivity contribution in [2.45, 2.75) is 19.8 Å². The summed E-state index contributed by atoms with van der Waals surface area (Å²) in [6, 6.07) is 0. The molecule has 1 fully saturated rings. The van der Waals surface area contributed by atoms with Crippen LogP contribution in [0.15, 0.2) is 6.20 Å². The topological polar surface area (TPSA) is 79.5 Å². The van der Waals surface area contributed by atoms with E-state index in [-0.39, 0.29) is 11.8 Å². The molecule has 1 saturated heterocycles. The highest BCUT2D eigenvalue weighted by Crippen LogP contribution is 2.28. The molecule has 3 rings (SSSR count). The number of pyridine rings is 1. The number of anilines is 1. The van der Waals surface area contributed by atoms with Gasteiger partial charge in [0.2, 0.25) is 0 Å². The average molecular weight is 274 g/mol. The Hall–Kier alpha value is -1.95. The minimum atomic E-state index is -0.285. The molecule has 6 heteroatoms. The molecule has 3 heterocycles. The first-order chi connectivity index (χ1) is 9.59. The number of carbonyl (C=O) groups excluding carboxylic acids is 2. The van der Waals surface area contributed by atoms with Crippen LogP contribution in [0, 0.1) is 6.92 Å². The van der Waals surface area contributed by atoms with Crippen LogP contribution in [0.4, 0.5) is 5.69 Å². The second kappa shape index (κ2) is 4.86. The molecule has 0 aliphatic carbocycles. The van der Waals surface area contributed by atoms with Crippen LogP contribution < -0.4 is 5.73 Å². The van der Waals surface area contributed by atoms with Crippen molar-refractivity contribution in [3.8, 4) is 0 Å². The third-order valence-corrected chi connectivity index (χ3v) is 4.09. The first-order valence-corrected chi connectivity index (χ1v) is 6.93. The average Bonchev–Trinajstić information content (AvgIpc) is 3.01. The molecule has 0 aromatic carbocycles. The van der Waals surface area contributed by atoms with Crippen LogP contribution >= 0.6 is 0 Å². The molecule has 2 aliphatic rings. The summed E-state index contributed by atoms with van der Waals surface area (Å²) in [5.74, 6) is -0.560. The van der Waals surface area contributed by atoms with Crippen molar-refractivity contribution in [3.05, 3.63) is 23.0 Å². The summed E-state index contributed by atoms with van der Waals surface area (Å²) in [7, 11) is 0. The largest absolute Gasteiger partial charge is 0.397 e. The van der Waals surface area contributed by atoms with Gasteiger partial charge in [0.15, 0.2) is 0 Å². The van der Waals surface area contributed by atoms with Gasteiger partial charge in [-0.1, -0.05) is 0 Å². The van der Waals surface area contributed by atoms with E-state index in [1.807, 2.05) is 0 Å². The molecule has 0 bridgehead atoms. The number of rotatable bonds is 3. The number of carbonyl (C=O) groups is 2. The summed E-state index contributed by atoms with van der Waals surface area (Å²) in [6.07, 6.45) is 3.84. The van der Waals surface area contributed by atoms with Gasteiger partial charge in [0, 0.05) is 19.3 Å². The summed E-state index contributed by atoms with van der Waals surface area (Å²) < 4.78 is 0. The Balaban J connectivity index is 1.80. The molecule has 2 aliphatic heterocycles. The third-order valence-electron chi connectivity index (χ3n) is 4.09. The van der Waals surface area contributed by atoms with Gasteiger partial charge in [-0.2, -0.15) is 0 Å². The number of nitrogens with zero attached hydrogens (tertiary/aromatic N) is 3. The van der Waals surface area contributed by atoms with Crippen molar-refractivity contribution in [2.75, 3.05) is 31.9 Å². The van der Waals surface area contributed by atoms with Crippen molar-refractivity contribution < 1.29 is 9.59 Å². The van der Waals surface area contributed by atoms with E-state index < -0.39 is 0 Å². The maximum absolute atomic E-state index is 12.4. The number of imide groups is 1. The van der Waals surface area contributed by atoms with Gasteiger partial charge >= 0.3 is 0 Å². The Kier molecular flexibility index (Phi) is 3.17. The lowest BCUT2D eigenvalue weighted by molar-refractivity contribution is 0.0641. The summed E-state index contributed by atoms with van der Waals surface area (Å²) in [6.45, 7) is 4.99. The fourth-order valence-corrected chi connectivity index (χ4v) is 2.84. The zero-order valence-corrected chi connectivity index (χ0v) is 11.6. The molecular weight excluding hydrogens is 256 g/mol. The van der Waals surface area contributed by atoms with Crippen LogP contribution in [0.1, 0.15) is 39.3 Å². The molecule has 2 amide bonds. The molecule has 0 unspecified atom stereocenters. The van der Waals surface area contributed by atoms with Crippen molar-refractivity contribution in [1.29, 1.82) is 0 Å². The van der Waals surface area contributed by atoms with Crippen molar-refractivity contribution >= 4 is 17.5 Å². The Morgan fingerprint density at radius 3 is 2.60 bits per heavy atom. The maximum atomic E-state index is 12.4. The predicted molar refractivity (Wildman–Crippen MR) is 74.4 cm³/mol. The number of hydrogen-bond donors (Lipinski definition) is 1. The molecular formula is C14H18N4O2. The van der Waals surface area contributed by atoms with Crippen molar-refractivity contribution in [2.24, 2.45) is 0 Å². The molecule has 1 aromatic heterocycles. The van der Waals surface area contributed by atoms with E-state index in [1.165, 1.54) is 23.9 Å². The maximum Gasteiger partial charge on any atom is 0.263 e. The van der Waals surface area contributed by atoms with Gasteiger partial charge in [0.25, 0.3) is 11.8 Å². The second-order valence-corrected chi connectivity index (χ2v) is 5.36. The first kappa shape index (κ1) is 13.1. The molecule has 106 valence electrons. The fourth-order valence-electron chi connectivity index (χ4n) is 2.84. The number of nitrogens with two attached hydrogens (primary N) is 1. The molecule has 2 N–H and O–H groups in total. The van der Waals surface area contributed by atoms with Gasteiger partial charge in [-0.05, 0) is 32.9 Å². The number of hydrogen-bond acceptors (Lipinski definition) is 5. The Morgan fingerprint density at radius 2 is 1.90 bits per heavy atom. The van der Waals surface area contributed by atoms with Crippen LogP contribution in [0.3, 0.4) is 0 Å². The molecule has 0 saturated carbocycles. The van der Waals surface area contributed by atoms with Crippen molar-refractivity contribution in [3.63, 3.8) is 0 Å². The first-order valence-electron chi connectivity index (χ1n) is 6.93. The number of nitrogen functional groups attached to an aromatic ring is 1. The van der Waals surface area contributed by atoms with Gasteiger partial charge in [-0.15, -0.1) is 0 Å². The molecule has 20 heavy (non-hydrogen) atoms. The minimum Gasteiger partial charge on any atom is -0.397 e. The summed E-state index contributed by atoms with van der Waals surface area (Å²) >= 11 is 0. The lowest BCUT2D eigenvalue weighted by Gasteiger charge is -2.19. The summed E-state index contributed by atoms with van der Waals surface area (Å²) in [4.78, 5) is 32.3. The molecule has 0 radical (unpaired) electrons. The SMILES string of the molecule is Cc1ncc2c(c1N)C(=O)N(CCN1CCCC1)C2=O. The highest BCUT2D eigenvalue weighted by Gasteiger charge is 2.38. The zero-order valence-electron chi connectivity index (χ0n) is 11.6. The second-order valence-electron chi connectivity index (χ2n) is 5.36. The number of fused-ring (bicyclic) bond motifs is 1. The van der Waals surface area contributed by atoms with E-state index in [2.05, 4.69) is 9.88 Å². The fraction of sp³-hybridized carbons (Fsp3) is 0.500.